The van der Waals surface area contributed by atoms with E-state index in [4.69, 9.17) is 11.6 Å². The molecule has 100 valence electrons. The fraction of sp³-hybridized carbons (Fsp3) is 0.625. The highest BCUT2D eigenvalue weighted by Gasteiger charge is 2.50. The van der Waals surface area contributed by atoms with Crippen molar-refractivity contribution in [1.29, 1.82) is 0 Å². The number of hydrogen-bond donors (Lipinski definition) is 1. The Balaban J connectivity index is 2.12. The Morgan fingerprint density at radius 1 is 1.39 bits per heavy atom. The number of halogens is 1. The Hall–Kier alpha value is -0.530. The van der Waals surface area contributed by atoms with Crippen molar-refractivity contribution in [2.45, 2.75) is 52.0 Å². The molecule has 1 aromatic carbocycles. The summed E-state index contributed by atoms with van der Waals surface area (Å²) >= 11 is 6.11. The summed E-state index contributed by atoms with van der Waals surface area (Å²) in [6.07, 6.45) is 3.66. The molecule has 0 heterocycles. The highest BCUT2D eigenvalue weighted by atomic mass is 35.5. The topological polar surface area (TPSA) is 12.0 Å². The van der Waals surface area contributed by atoms with Crippen molar-refractivity contribution in [2.24, 2.45) is 5.41 Å². The number of nitrogens with one attached hydrogen (secondary N) is 1. The smallest absolute Gasteiger partial charge is 0.0408 e. The van der Waals surface area contributed by atoms with E-state index in [1.165, 1.54) is 24.8 Å². The molecule has 1 saturated carbocycles. The van der Waals surface area contributed by atoms with Gasteiger partial charge in [0.25, 0.3) is 0 Å². The van der Waals surface area contributed by atoms with Gasteiger partial charge in [-0.25, -0.2) is 0 Å². The Bertz CT molecular complexity index is 404. The first-order chi connectivity index (χ1) is 8.61. The third kappa shape index (κ3) is 2.44. The lowest BCUT2D eigenvalue weighted by Gasteiger charge is -2.55. The first kappa shape index (κ1) is 13.9. The Morgan fingerprint density at radius 2 is 2.17 bits per heavy atom. The van der Waals surface area contributed by atoms with Crippen molar-refractivity contribution in [1.82, 2.24) is 5.32 Å². The Labute approximate surface area is 116 Å². The third-order valence-electron chi connectivity index (χ3n) is 4.72. The minimum atomic E-state index is 0.375. The first-order valence-corrected chi connectivity index (χ1v) is 7.48. The predicted molar refractivity (Wildman–Crippen MR) is 79.3 cm³/mol. The first-order valence-electron chi connectivity index (χ1n) is 7.10. The van der Waals surface area contributed by atoms with Crippen LogP contribution < -0.4 is 5.32 Å². The van der Waals surface area contributed by atoms with Crippen LogP contribution in [0.2, 0.25) is 5.02 Å². The molecule has 0 spiro atoms. The zero-order valence-electron chi connectivity index (χ0n) is 11.7. The van der Waals surface area contributed by atoms with Crippen LogP contribution in [0.15, 0.2) is 24.3 Å². The Kier molecular flexibility index (Phi) is 4.34. The molecule has 3 atom stereocenters. The highest BCUT2D eigenvalue weighted by Crippen LogP contribution is 2.55. The second-order valence-corrected chi connectivity index (χ2v) is 6.15. The summed E-state index contributed by atoms with van der Waals surface area (Å²) < 4.78 is 0. The largest absolute Gasteiger partial charge is 0.313 e. The van der Waals surface area contributed by atoms with Gasteiger partial charge in [0, 0.05) is 11.1 Å². The molecule has 2 rings (SSSR count). The number of hydrogen-bond acceptors (Lipinski definition) is 1. The summed E-state index contributed by atoms with van der Waals surface area (Å²) in [6, 6.07) is 9.04. The maximum atomic E-state index is 6.11. The van der Waals surface area contributed by atoms with Crippen LogP contribution in [0, 0.1) is 5.41 Å². The predicted octanol–water partition coefficient (Wildman–Crippen LogP) is 4.61. The van der Waals surface area contributed by atoms with Crippen LogP contribution in [0.3, 0.4) is 0 Å². The summed E-state index contributed by atoms with van der Waals surface area (Å²) in [7, 11) is 0. The van der Waals surface area contributed by atoms with E-state index in [-0.39, 0.29) is 0 Å². The van der Waals surface area contributed by atoms with Gasteiger partial charge in [-0.15, -0.1) is 0 Å². The van der Waals surface area contributed by atoms with Crippen molar-refractivity contribution in [3.63, 3.8) is 0 Å². The minimum absolute atomic E-state index is 0.375. The zero-order chi connectivity index (χ0) is 13.2. The molecule has 0 saturated heterocycles. The van der Waals surface area contributed by atoms with Gasteiger partial charge in [-0.2, -0.15) is 0 Å². The molecule has 1 nitrogen and oxygen atoms in total. The number of benzene rings is 1. The van der Waals surface area contributed by atoms with E-state index in [2.05, 4.69) is 44.3 Å². The van der Waals surface area contributed by atoms with Gasteiger partial charge in [-0.1, -0.05) is 44.5 Å². The second kappa shape index (κ2) is 5.63. The summed E-state index contributed by atoms with van der Waals surface area (Å²) in [4.78, 5) is 0. The van der Waals surface area contributed by atoms with E-state index in [1.54, 1.807) is 0 Å². The van der Waals surface area contributed by atoms with Gasteiger partial charge in [-0.3, -0.25) is 0 Å². The van der Waals surface area contributed by atoms with Crippen molar-refractivity contribution in [3.8, 4) is 0 Å². The molecule has 18 heavy (non-hydrogen) atoms. The second-order valence-electron chi connectivity index (χ2n) is 5.71. The van der Waals surface area contributed by atoms with E-state index in [9.17, 15) is 0 Å². The SMILES string of the molecule is CCCNC1CC(c2cccc(Cl)c2)C1(C)CC. The molecule has 1 aromatic rings. The van der Waals surface area contributed by atoms with Gasteiger partial charge in [0.15, 0.2) is 0 Å². The monoisotopic (exact) mass is 265 g/mol. The standard InChI is InChI=1S/C16H24ClN/c1-4-9-18-15-11-14(16(15,3)5-2)12-7-6-8-13(17)10-12/h6-8,10,14-15,18H,4-5,9,11H2,1-3H3. The van der Waals surface area contributed by atoms with Crippen LogP contribution >= 0.6 is 11.6 Å². The Morgan fingerprint density at radius 3 is 2.78 bits per heavy atom. The molecule has 3 unspecified atom stereocenters. The average Bonchev–Trinajstić information content (AvgIpc) is 2.36. The van der Waals surface area contributed by atoms with E-state index < -0.39 is 0 Å². The molecule has 0 amide bonds. The molecule has 1 aliphatic carbocycles. The van der Waals surface area contributed by atoms with Crippen LogP contribution in [-0.2, 0) is 0 Å². The average molecular weight is 266 g/mol. The molecule has 1 N–H and O–H groups in total. The van der Waals surface area contributed by atoms with Gasteiger partial charge < -0.3 is 5.32 Å². The maximum absolute atomic E-state index is 6.11. The van der Waals surface area contributed by atoms with Crippen LogP contribution in [-0.4, -0.2) is 12.6 Å². The lowest BCUT2D eigenvalue weighted by Crippen LogP contribution is -2.56. The van der Waals surface area contributed by atoms with Crippen molar-refractivity contribution >= 4 is 11.6 Å². The van der Waals surface area contributed by atoms with Crippen molar-refractivity contribution < 1.29 is 0 Å². The highest BCUT2D eigenvalue weighted by molar-refractivity contribution is 6.30. The zero-order valence-corrected chi connectivity index (χ0v) is 12.4. The lowest BCUT2D eigenvalue weighted by atomic mass is 9.54. The number of rotatable bonds is 5. The van der Waals surface area contributed by atoms with Crippen molar-refractivity contribution in [2.75, 3.05) is 6.54 Å². The maximum Gasteiger partial charge on any atom is 0.0408 e. The molecule has 1 aliphatic rings. The summed E-state index contributed by atoms with van der Waals surface area (Å²) in [5.74, 6) is 0.649. The van der Waals surface area contributed by atoms with Crippen LogP contribution in [0.1, 0.15) is 51.5 Å². The fourth-order valence-corrected chi connectivity index (χ4v) is 3.42. The summed E-state index contributed by atoms with van der Waals surface area (Å²) in [6.45, 7) is 8.07. The molecule has 0 aliphatic heterocycles. The normalized spacial score (nSPS) is 31.1. The molecule has 0 aromatic heterocycles. The summed E-state index contributed by atoms with van der Waals surface area (Å²) in [5, 5.41) is 4.55. The van der Waals surface area contributed by atoms with Gasteiger partial charge in [-0.05, 0) is 54.8 Å². The van der Waals surface area contributed by atoms with E-state index >= 15 is 0 Å². The molecular weight excluding hydrogens is 242 g/mol. The molecule has 1 fully saturated rings. The molecular formula is C16H24ClN. The molecule has 2 heteroatoms. The van der Waals surface area contributed by atoms with Gasteiger partial charge in [0.2, 0.25) is 0 Å². The van der Waals surface area contributed by atoms with E-state index in [0.29, 0.717) is 17.4 Å². The van der Waals surface area contributed by atoms with Crippen LogP contribution in [0.25, 0.3) is 0 Å². The van der Waals surface area contributed by atoms with Gasteiger partial charge in [0.1, 0.15) is 0 Å². The quantitative estimate of drug-likeness (QED) is 0.820. The molecule has 0 bridgehead atoms. The lowest BCUT2D eigenvalue weighted by molar-refractivity contribution is 0.0445. The van der Waals surface area contributed by atoms with Gasteiger partial charge in [0.05, 0.1) is 0 Å². The van der Waals surface area contributed by atoms with Crippen LogP contribution in [0.4, 0.5) is 0 Å². The van der Waals surface area contributed by atoms with Gasteiger partial charge >= 0.3 is 0 Å². The van der Waals surface area contributed by atoms with E-state index in [1.807, 2.05) is 6.07 Å². The van der Waals surface area contributed by atoms with Crippen LogP contribution in [0.5, 0.6) is 0 Å². The molecule has 0 radical (unpaired) electrons. The fourth-order valence-electron chi connectivity index (χ4n) is 3.22. The minimum Gasteiger partial charge on any atom is -0.313 e. The van der Waals surface area contributed by atoms with E-state index in [0.717, 1.165) is 11.6 Å². The van der Waals surface area contributed by atoms with Crippen molar-refractivity contribution in [3.05, 3.63) is 34.9 Å². The summed E-state index contributed by atoms with van der Waals surface area (Å²) in [5.41, 5.74) is 1.78. The third-order valence-corrected chi connectivity index (χ3v) is 4.95.